The minimum atomic E-state index is -0.352. The van der Waals surface area contributed by atoms with Crippen molar-refractivity contribution in [2.24, 2.45) is 11.8 Å². The van der Waals surface area contributed by atoms with Gasteiger partial charge < -0.3 is 14.9 Å². The summed E-state index contributed by atoms with van der Waals surface area (Å²) in [6, 6.07) is 4.30. The van der Waals surface area contributed by atoms with Gasteiger partial charge in [0.1, 0.15) is 18.4 Å². The number of nitrogens with one attached hydrogen (secondary N) is 1. The summed E-state index contributed by atoms with van der Waals surface area (Å²) in [4.78, 5) is 41.0. The lowest BCUT2D eigenvalue weighted by atomic mass is 9.97. The summed E-state index contributed by atoms with van der Waals surface area (Å²) in [5, 5.41) is 2.52. The van der Waals surface area contributed by atoms with Gasteiger partial charge in [0, 0.05) is 30.9 Å². The van der Waals surface area contributed by atoms with Gasteiger partial charge in [0.2, 0.25) is 5.91 Å². The van der Waals surface area contributed by atoms with Crippen LogP contribution in [-0.4, -0.2) is 31.3 Å². The van der Waals surface area contributed by atoms with Crippen LogP contribution in [0.15, 0.2) is 18.2 Å². The van der Waals surface area contributed by atoms with Crippen LogP contribution < -0.4 is 5.32 Å². The second kappa shape index (κ2) is 14.9. The van der Waals surface area contributed by atoms with E-state index in [2.05, 4.69) is 5.32 Å². The molecule has 6 heteroatoms. The van der Waals surface area contributed by atoms with Gasteiger partial charge in [0.05, 0.1) is 0 Å². The molecule has 0 heterocycles. The van der Waals surface area contributed by atoms with E-state index < -0.39 is 0 Å². The molecule has 0 aliphatic heterocycles. The van der Waals surface area contributed by atoms with Crippen molar-refractivity contribution in [2.75, 3.05) is 7.05 Å². The molecule has 0 spiro atoms. The van der Waals surface area contributed by atoms with Gasteiger partial charge in [-0.15, -0.1) is 0 Å². The highest BCUT2D eigenvalue weighted by Gasteiger charge is 2.13. The molecule has 1 N–H and O–H groups in total. The number of rotatable bonds is 6. The molecule has 0 saturated heterocycles. The fourth-order valence-electron chi connectivity index (χ4n) is 1.87. The molecule has 1 rings (SSSR count). The smallest absolute Gasteiger partial charge is 0.222 e. The number of hydrogen-bond donors (Lipinski definition) is 1. The fraction of sp³-hybridized carbons (Fsp3) is 0.500. The molecule has 1 unspecified atom stereocenters. The molecular formula is C20H30FNO4. The first kappa shape index (κ1) is 25.9. The minimum Gasteiger partial charge on any atom is -0.359 e. The van der Waals surface area contributed by atoms with Gasteiger partial charge >= 0.3 is 0 Å². The average Bonchev–Trinajstić information content (AvgIpc) is 2.61. The van der Waals surface area contributed by atoms with E-state index in [0.717, 1.165) is 18.1 Å². The van der Waals surface area contributed by atoms with Crippen LogP contribution in [0.25, 0.3) is 0 Å². The fourth-order valence-corrected chi connectivity index (χ4v) is 1.87. The van der Waals surface area contributed by atoms with Crippen LogP contribution in [0.5, 0.6) is 0 Å². The molecule has 26 heavy (non-hydrogen) atoms. The first-order valence-corrected chi connectivity index (χ1v) is 8.51. The number of amides is 1. The first-order valence-electron chi connectivity index (χ1n) is 8.51. The van der Waals surface area contributed by atoms with Gasteiger partial charge in [-0.2, -0.15) is 0 Å². The highest BCUT2D eigenvalue weighted by atomic mass is 19.1. The van der Waals surface area contributed by atoms with Crippen LogP contribution in [0.4, 0.5) is 4.39 Å². The number of halogens is 1. The molecule has 1 aromatic rings. The molecule has 1 amide bonds. The third kappa shape index (κ3) is 11.2. The molecule has 0 saturated carbocycles. The highest BCUT2D eigenvalue weighted by molar-refractivity contribution is 5.98. The van der Waals surface area contributed by atoms with Crippen LogP contribution in [0.1, 0.15) is 56.5 Å². The standard InChI is InChI=1S/C11H13FO.C7H13NO2.C2H4O/c1-7(2)11(13)10-6-9(12)5-4-8(10)3;1-6(4-3-5-9)7(10)8-2;1-2-3/h4-7H,1-3H3;5-6H,3-4H2,1-2H3,(H,8,10);2H,1H3. The number of benzene rings is 1. The maximum Gasteiger partial charge on any atom is 0.222 e. The third-order valence-electron chi connectivity index (χ3n) is 3.40. The lowest BCUT2D eigenvalue weighted by Crippen LogP contribution is -2.25. The number of ketones is 1. The maximum absolute atomic E-state index is 12.8. The van der Waals surface area contributed by atoms with Crippen LogP contribution in [0.3, 0.4) is 0 Å². The van der Waals surface area contributed by atoms with Gasteiger partial charge in [0.15, 0.2) is 5.78 Å². The van der Waals surface area contributed by atoms with Crippen molar-refractivity contribution in [3.05, 3.63) is 35.1 Å². The van der Waals surface area contributed by atoms with E-state index in [-0.39, 0.29) is 29.3 Å². The minimum absolute atomic E-state index is 0.00171. The third-order valence-corrected chi connectivity index (χ3v) is 3.40. The number of aryl methyl sites for hydroxylation is 1. The highest BCUT2D eigenvalue weighted by Crippen LogP contribution is 2.14. The Bertz CT molecular complexity index is 585. The Labute approximate surface area is 155 Å². The first-order chi connectivity index (χ1) is 12.2. The number of hydrogen-bond acceptors (Lipinski definition) is 4. The Morgan fingerprint density at radius 1 is 1.19 bits per heavy atom. The Morgan fingerprint density at radius 2 is 1.73 bits per heavy atom. The summed E-state index contributed by atoms with van der Waals surface area (Å²) >= 11 is 0. The summed E-state index contributed by atoms with van der Waals surface area (Å²) in [6.45, 7) is 8.69. The SMILES string of the molecule is CC=O.CNC(=O)C(C)CCC=O.Cc1ccc(F)cc1C(=O)C(C)C. The van der Waals surface area contributed by atoms with Crippen molar-refractivity contribution in [3.8, 4) is 0 Å². The van der Waals surface area contributed by atoms with Crippen molar-refractivity contribution < 1.29 is 23.6 Å². The molecule has 0 fully saturated rings. The molecule has 1 aromatic carbocycles. The Morgan fingerprint density at radius 3 is 2.15 bits per heavy atom. The van der Waals surface area contributed by atoms with Crippen LogP contribution in [-0.2, 0) is 14.4 Å². The number of carbonyl (C=O) groups is 4. The predicted molar refractivity (Wildman–Crippen MR) is 101 cm³/mol. The van der Waals surface area contributed by atoms with Crippen molar-refractivity contribution in [2.45, 2.75) is 47.5 Å². The predicted octanol–water partition coefficient (Wildman–Crippen LogP) is 3.53. The molecule has 0 bridgehead atoms. The summed E-state index contributed by atoms with van der Waals surface area (Å²) in [5.41, 5.74) is 1.33. The van der Waals surface area contributed by atoms with Gasteiger partial charge in [-0.05, 0) is 38.0 Å². The van der Waals surface area contributed by atoms with Gasteiger partial charge in [0.25, 0.3) is 0 Å². The Balaban J connectivity index is 0. The van der Waals surface area contributed by atoms with Gasteiger partial charge in [-0.25, -0.2) is 4.39 Å². The molecular weight excluding hydrogens is 337 g/mol. The van der Waals surface area contributed by atoms with E-state index in [1.807, 2.05) is 27.7 Å². The lowest BCUT2D eigenvalue weighted by Gasteiger charge is -2.07. The van der Waals surface area contributed by atoms with E-state index in [9.17, 15) is 18.8 Å². The van der Waals surface area contributed by atoms with Crippen LogP contribution in [0, 0.1) is 24.6 Å². The maximum atomic E-state index is 12.8. The van der Waals surface area contributed by atoms with Crippen molar-refractivity contribution >= 4 is 24.3 Å². The zero-order valence-corrected chi connectivity index (χ0v) is 16.5. The number of carbonyl (C=O) groups excluding carboxylic acids is 4. The van der Waals surface area contributed by atoms with E-state index in [4.69, 9.17) is 4.79 Å². The van der Waals surface area contributed by atoms with Crippen molar-refractivity contribution in [3.63, 3.8) is 0 Å². The van der Waals surface area contributed by atoms with Crippen molar-refractivity contribution in [1.82, 2.24) is 5.32 Å². The quantitative estimate of drug-likeness (QED) is 0.616. The average molecular weight is 367 g/mol. The van der Waals surface area contributed by atoms with Gasteiger partial charge in [-0.1, -0.05) is 26.8 Å². The van der Waals surface area contributed by atoms with E-state index in [0.29, 0.717) is 18.4 Å². The second-order valence-corrected chi connectivity index (χ2v) is 5.97. The van der Waals surface area contributed by atoms with E-state index >= 15 is 0 Å². The molecule has 0 aromatic heterocycles. The molecule has 0 radical (unpaired) electrons. The van der Waals surface area contributed by atoms with Crippen LogP contribution in [0.2, 0.25) is 0 Å². The largest absolute Gasteiger partial charge is 0.359 e. The zero-order chi connectivity index (χ0) is 20.7. The molecule has 146 valence electrons. The molecule has 1 atom stereocenters. The van der Waals surface area contributed by atoms with E-state index in [1.54, 1.807) is 13.1 Å². The van der Waals surface area contributed by atoms with Crippen LogP contribution >= 0.6 is 0 Å². The topological polar surface area (TPSA) is 80.3 Å². The molecule has 0 aliphatic rings. The Hall–Kier alpha value is -2.37. The summed E-state index contributed by atoms with van der Waals surface area (Å²) in [5.74, 6) is -0.482. The number of Topliss-reactive ketones (excluding diaryl/α,β-unsaturated/α-hetero) is 1. The second-order valence-electron chi connectivity index (χ2n) is 5.97. The molecule has 0 aliphatic carbocycles. The normalized spacial score (nSPS) is 10.5. The number of aldehydes is 2. The monoisotopic (exact) mass is 367 g/mol. The zero-order valence-electron chi connectivity index (χ0n) is 16.5. The lowest BCUT2D eigenvalue weighted by molar-refractivity contribution is -0.124. The summed E-state index contributed by atoms with van der Waals surface area (Å²) in [7, 11) is 1.60. The van der Waals surface area contributed by atoms with Gasteiger partial charge in [-0.3, -0.25) is 9.59 Å². The summed E-state index contributed by atoms with van der Waals surface area (Å²) in [6.07, 6.45) is 2.69. The summed E-state index contributed by atoms with van der Waals surface area (Å²) < 4.78 is 12.8. The Kier molecular flexibility index (Phi) is 14.9. The van der Waals surface area contributed by atoms with Crippen molar-refractivity contribution in [1.29, 1.82) is 0 Å². The van der Waals surface area contributed by atoms with E-state index in [1.165, 1.54) is 19.1 Å². The molecule has 5 nitrogen and oxygen atoms in total.